The predicted octanol–water partition coefficient (Wildman–Crippen LogP) is 3.48. The minimum Gasteiger partial charge on any atom is -0.355 e. The molecule has 19 heavy (non-hydrogen) atoms. The molecule has 0 unspecified atom stereocenters. The van der Waals surface area contributed by atoms with Crippen molar-refractivity contribution >= 4 is 17.7 Å². The van der Waals surface area contributed by atoms with Gasteiger partial charge in [0.1, 0.15) is 0 Å². The molecule has 0 atom stereocenters. The monoisotopic (exact) mass is 271 g/mol. The molecule has 2 aromatic rings. The lowest BCUT2D eigenvalue weighted by Gasteiger charge is -2.04. The molecule has 0 aliphatic rings. The summed E-state index contributed by atoms with van der Waals surface area (Å²) < 4.78 is 0. The molecular formula is C16H17NOS. The van der Waals surface area contributed by atoms with Crippen LogP contribution in [0.15, 0.2) is 54.6 Å². The molecule has 1 N–H and O–H groups in total. The largest absolute Gasteiger partial charge is 0.355 e. The Morgan fingerprint density at radius 2 is 1.53 bits per heavy atom. The highest BCUT2D eigenvalue weighted by Gasteiger charge is 2.02. The van der Waals surface area contributed by atoms with E-state index in [0.29, 0.717) is 5.56 Å². The Morgan fingerprint density at radius 3 is 2.11 bits per heavy atom. The number of hydrogen-bond acceptors (Lipinski definition) is 2. The lowest BCUT2D eigenvalue weighted by atomic mass is 10.1. The number of benzene rings is 2. The van der Waals surface area contributed by atoms with Gasteiger partial charge in [0, 0.05) is 24.1 Å². The number of amides is 1. The first-order valence-corrected chi connectivity index (χ1v) is 7.38. The molecule has 0 fully saturated rings. The first-order valence-electron chi connectivity index (χ1n) is 6.22. The number of carbonyl (C=O) groups excluding carboxylic acids is 1. The third-order valence-corrected chi connectivity index (χ3v) is 3.90. The van der Waals surface area contributed by atoms with Crippen molar-refractivity contribution in [3.05, 3.63) is 71.3 Å². The van der Waals surface area contributed by atoms with Gasteiger partial charge in [-0.2, -0.15) is 11.8 Å². The Bertz CT molecular complexity index is 522. The predicted molar refractivity (Wildman–Crippen MR) is 81.3 cm³/mol. The van der Waals surface area contributed by atoms with E-state index in [-0.39, 0.29) is 5.91 Å². The average Bonchev–Trinajstić information content (AvgIpc) is 2.48. The Labute approximate surface area is 118 Å². The van der Waals surface area contributed by atoms with E-state index in [2.05, 4.69) is 29.6 Å². The third kappa shape index (κ3) is 4.14. The van der Waals surface area contributed by atoms with Gasteiger partial charge >= 0.3 is 0 Å². The van der Waals surface area contributed by atoms with E-state index in [9.17, 15) is 4.79 Å². The Balaban J connectivity index is 1.85. The maximum absolute atomic E-state index is 11.4. The van der Waals surface area contributed by atoms with Crippen LogP contribution in [0.1, 0.15) is 21.5 Å². The molecule has 2 rings (SSSR count). The molecular weight excluding hydrogens is 254 g/mol. The fourth-order valence-corrected chi connectivity index (χ4v) is 2.72. The molecule has 3 heteroatoms. The van der Waals surface area contributed by atoms with Crippen molar-refractivity contribution in [1.29, 1.82) is 0 Å². The van der Waals surface area contributed by atoms with Crippen LogP contribution in [0.2, 0.25) is 0 Å². The lowest BCUT2D eigenvalue weighted by molar-refractivity contribution is 0.0963. The van der Waals surface area contributed by atoms with E-state index < -0.39 is 0 Å². The van der Waals surface area contributed by atoms with E-state index in [1.54, 1.807) is 7.05 Å². The summed E-state index contributed by atoms with van der Waals surface area (Å²) in [6.45, 7) is 0. The lowest BCUT2D eigenvalue weighted by Crippen LogP contribution is -2.17. The van der Waals surface area contributed by atoms with Crippen LogP contribution < -0.4 is 5.32 Å². The van der Waals surface area contributed by atoms with Gasteiger partial charge in [-0.1, -0.05) is 42.5 Å². The molecule has 0 radical (unpaired) electrons. The fourth-order valence-electron chi connectivity index (χ4n) is 1.76. The highest BCUT2D eigenvalue weighted by atomic mass is 32.2. The fraction of sp³-hybridized carbons (Fsp3) is 0.188. The van der Waals surface area contributed by atoms with E-state index in [4.69, 9.17) is 0 Å². The van der Waals surface area contributed by atoms with E-state index in [1.165, 1.54) is 11.1 Å². The topological polar surface area (TPSA) is 29.1 Å². The van der Waals surface area contributed by atoms with Crippen molar-refractivity contribution in [3.63, 3.8) is 0 Å². The van der Waals surface area contributed by atoms with Gasteiger partial charge < -0.3 is 5.32 Å². The van der Waals surface area contributed by atoms with Crippen molar-refractivity contribution in [2.45, 2.75) is 11.5 Å². The molecule has 2 aromatic carbocycles. The van der Waals surface area contributed by atoms with Crippen molar-refractivity contribution in [2.24, 2.45) is 0 Å². The van der Waals surface area contributed by atoms with Gasteiger partial charge in [-0.3, -0.25) is 4.79 Å². The highest BCUT2D eigenvalue weighted by molar-refractivity contribution is 7.97. The zero-order valence-corrected chi connectivity index (χ0v) is 11.7. The second kappa shape index (κ2) is 7.00. The van der Waals surface area contributed by atoms with Crippen molar-refractivity contribution < 1.29 is 4.79 Å². The molecule has 2 nitrogen and oxygen atoms in total. The van der Waals surface area contributed by atoms with Crippen molar-refractivity contribution in [2.75, 3.05) is 7.05 Å². The average molecular weight is 271 g/mol. The summed E-state index contributed by atoms with van der Waals surface area (Å²) >= 11 is 1.88. The molecule has 0 spiro atoms. The van der Waals surface area contributed by atoms with Gasteiger partial charge in [-0.05, 0) is 23.3 Å². The van der Waals surface area contributed by atoms with E-state index >= 15 is 0 Å². The number of nitrogens with one attached hydrogen (secondary N) is 1. The maximum Gasteiger partial charge on any atom is 0.251 e. The quantitative estimate of drug-likeness (QED) is 0.902. The summed E-state index contributed by atoms with van der Waals surface area (Å²) in [6.07, 6.45) is 0. The van der Waals surface area contributed by atoms with Gasteiger partial charge in [-0.15, -0.1) is 0 Å². The van der Waals surface area contributed by atoms with Crippen LogP contribution in [0, 0.1) is 0 Å². The zero-order valence-electron chi connectivity index (χ0n) is 10.9. The molecule has 98 valence electrons. The van der Waals surface area contributed by atoms with E-state index in [1.807, 2.05) is 42.1 Å². The summed E-state index contributed by atoms with van der Waals surface area (Å²) in [5.74, 6) is 1.93. The smallest absolute Gasteiger partial charge is 0.251 e. The Kier molecular flexibility index (Phi) is 5.04. The van der Waals surface area contributed by atoms with Gasteiger partial charge in [-0.25, -0.2) is 0 Å². The molecule has 0 bridgehead atoms. The van der Waals surface area contributed by atoms with Crippen molar-refractivity contribution in [3.8, 4) is 0 Å². The minimum absolute atomic E-state index is 0.0384. The molecule has 0 aliphatic carbocycles. The summed E-state index contributed by atoms with van der Waals surface area (Å²) in [4.78, 5) is 11.4. The van der Waals surface area contributed by atoms with Crippen LogP contribution in [0.5, 0.6) is 0 Å². The summed E-state index contributed by atoms with van der Waals surface area (Å²) in [5.41, 5.74) is 3.29. The van der Waals surface area contributed by atoms with Gasteiger partial charge in [0.15, 0.2) is 0 Å². The number of carbonyl (C=O) groups is 1. The second-order valence-corrected chi connectivity index (χ2v) is 5.24. The minimum atomic E-state index is -0.0384. The first kappa shape index (κ1) is 13.7. The summed E-state index contributed by atoms with van der Waals surface area (Å²) in [6, 6.07) is 18.2. The van der Waals surface area contributed by atoms with Gasteiger partial charge in [0.2, 0.25) is 0 Å². The van der Waals surface area contributed by atoms with Gasteiger partial charge in [0.25, 0.3) is 5.91 Å². The van der Waals surface area contributed by atoms with Crippen LogP contribution in [0.25, 0.3) is 0 Å². The Hall–Kier alpha value is -1.74. The van der Waals surface area contributed by atoms with Crippen LogP contribution >= 0.6 is 11.8 Å². The number of hydrogen-bond donors (Lipinski definition) is 1. The summed E-state index contributed by atoms with van der Waals surface area (Å²) in [7, 11) is 1.64. The molecule has 1 amide bonds. The molecule has 0 aliphatic heterocycles. The molecule has 0 aromatic heterocycles. The van der Waals surface area contributed by atoms with Crippen LogP contribution in [-0.4, -0.2) is 13.0 Å². The van der Waals surface area contributed by atoms with Crippen LogP contribution in [0.3, 0.4) is 0 Å². The summed E-state index contributed by atoms with van der Waals surface area (Å²) in [5, 5.41) is 2.62. The first-order chi connectivity index (χ1) is 9.29. The van der Waals surface area contributed by atoms with Crippen molar-refractivity contribution in [1.82, 2.24) is 5.32 Å². The third-order valence-electron chi connectivity index (χ3n) is 2.82. The SMILES string of the molecule is CNC(=O)c1ccc(CSCc2ccccc2)cc1. The van der Waals surface area contributed by atoms with Crippen LogP contribution in [0.4, 0.5) is 0 Å². The molecule has 0 saturated carbocycles. The highest BCUT2D eigenvalue weighted by Crippen LogP contribution is 2.18. The van der Waals surface area contributed by atoms with E-state index in [0.717, 1.165) is 11.5 Å². The number of rotatable bonds is 5. The van der Waals surface area contributed by atoms with Crippen LogP contribution in [-0.2, 0) is 11.5 Å². The molecule has 0 heterocycles. The van der Waals surface area contributed by atoms with Gasteiger partial charge in [0.05, 0.1) is 0 Å². The Morgan fingerprint density at radius 1 is 0.947 bits per heavy atom. The number of thioether (sulfide) groups is 1. The second-order valence-electron chi connectivity index (χ2n) is 4.25. The zero-order chi connectivity index (χ0) is 13.5. The maximum atomic E-state index is 11.4. The molecule has 0 saturated heterocycles. The normalized spacial score (nSPS) is 10.2. The standard InChI is InChI=1S/C16H17NOS/c1-17-16(18)15-9-7-14(8-10-15)12-19-11-13-5-3-2-4-6-13/h2-10H,11-12H2,1H3,(H,17,18).